The molecule has 116 valence electrons. The lowest BCUT2D eigenvalue weighted by Gasteiger charge is -2.21. The quantitative estimate of drug-likeness (QED) is 0.319. The zero-order valence-corrected chi connectivity index (χ0v) is 15.5. The molecule has 0 saturated carbocycles. The Morgan fingerprint density at radius 3 is 2.35 bits per heavy atom. The molecule has 1 aliphatic heterocycles. The lowest BCUT2D eigenvalue weighted by molar-refractivity contribution is -0.427. The summed E-state index contributed by atoms with van der Waals surface area (Å²) in [6, 6.07) is 17.1. The molecule has 0 N–H and O–H groups in total. The first-order valence-electron chi connectivity index (χ1n) is 6.79. The molecule has 0 spiro atoms. The Balaban J connectivity index is 2.06. The van der Waals surface area contributed by atoms with E-state index < -0.39 is 0 Å². The van der Waals surface area contributed by atoms with Crippen LogP contribution in [0.15, 0.2) is 70.0 Å². The highest BCUT2D eigenvalue weighted by atomic mass is 127. The van der Waals surface area contributed by atoms with Crippen LogP contribution in [0.2, 0.25) is 5.02 Å². The number of hydrogen-bond acceptors (Lipinski definition) is 3. The molecule has 23 heavy (non-hydrogen) atoms. The average Bonchev–Trinajstić information content (AvgIpc) is 2.56. The van der Waals surface area contributed by atoms with Crippen LogP contribution in [-0.4, -0.2) is 4.92 Å². The second-order valence-corrected chi connectivity index (χ2v) is 7.63. The maximum absolute atomic E-state index is 11.5. The van der Waals surface area contributed by atoms with Gasteiger partial charge in [0.1, 0.15) is 5.25 Å². The van der Waals surface area contributed by atoms with Crippen LogP contribution in [0.25, 0.3) is 4.91 Å². The summed E-state index contributed by atoms with van der Waals surface area (Å²) in [5.74, 6) is 0. The van der Waals surface area contributed by atoms with E-state index in [1.165, 1.54) is 11.8 Å². The van der Waals surface area contributed by atoms with Crippen molar-refractivity contribution in [2.75, 3.05) is 0 Å². The van der Waals surface area contributed by atoms with Crippen LogP contribution >= 0.6 is 46.0 Å². The van der Waals surface area contributed by atoms with Crippen molar-refractivity contribution >= 4 is 50.9 Å². The molecule has 0 aromatic heterocycles. The van der Waals surface area contributed by atoms with Gasteiger partial charge in [0.15, 0.2) is 0 Å². The van der Waals surface area contributed by atoms with Crippen molar-refractivity contribution in [1.29, 1.82) is 0 Å². The minimum atomic E-state index is -0.324. The summed E-state index contributed by atoms with van der Waals surface area (Å²) in [7, 11) is 0. The molecule has 0 bridgehead atoms. The van der Waals surface area contributed by atoms with Crippen molar-refractivity contribution in [2.45, 2.75) is 5.25 Å². The van der Waals surface area contributed by atoms with Crippen LogP contribution in [0.5, 0.6) is 0 Å². The van der Waals surface area contributed by atoms with Crippen molar-refractivity contribution in [3.05, 3.63) is 96.2 Å². The van der Waals surface area contributed by atoms with Crippen LogP contribution in [0.4, 0.5) is 0 Å². The zero-order chi connectivity index (χ0) is 16.4. The Labute approximate surface area is 156 Å². The molecule has 0 fully saturated rings. The molecule has 1 aliphatic rings. The number of thioether (sulfide) groups is 1. The molecule has 1 heterocycles. The standard InChI is InChI=1S/C17H11ClINO2S/c18-13-8-6-12(7-9-13)16-14(19)10-15(20(21)22)17(23-16)11-4-2-1-3-5-11/h1-10,17H. The van der Waals surface area contributed by atoms with Gasteiger partial charge in [0.2, 0.25) is 0 Å². The van der Waals surface area contributed by atoms with Crippen molar-refractivity contribution in [3.8, 4) is 0 Å². The van der Waals surface area contributed by atoms with Crippen LogP contribution < -0.4 is 0 Å². The van der Waals surface area contributed by atoms with Gasteiger partial charge in [-0.25, -0.2) is 0 Å². The van der Waals surface area contributed by atoms with Gasteiger partial charge in [-0.3, -0.25) is 10.1 Å². The second-order valence-electron chi connectivity index (χ2n) is 4.92. The predicted octanol–water partition coefficient (Wildman–Crippen LogP) is 6.09. The summed E-state index contributed by atoms with van der Waals surface area (Å²) < 4.78 is 0.869. The fourth-order valence-corrected chi connectivity index (χ4v) is 4.71. The van der Waals surface area contributed by atoms with Gasteiger partial charge in [-0.05, 0) is 45.9 Å². The van der Waals surface area contributed by atoms with E-state index in [2.05, 4.69) is 22.6 Å². The van der Waals surface area contributed by atoms with E-state index >= 15 is 0 Å². The molecule has 1 unspecified atom stereocenters. The highest BCUT2D eigenvalue weighted by Crippen LogP contribution is 2.50. The molecule has 0 radical (unpaired) electrons. The van der Waals surface area contributed by atoms with Crippen LogP contribution in [0.3, 0.4) is 0 Å². The number of halogens is 2. The molecule has 3 nitrogen and oxygen atoms in total. The molecule has 2 aromatic rings. The Hall–Kier alpha value is -1.31. The first kappa shape index (κ1) is 16.5. The van der Waals surface area contributed by atoms with E-state index in [4.69, 9.17) is 11.6 Å². The van der Waals surface area contributed by atoms with Crippen molar-refractivity contribution in [1.82, 2.24) is 0 Å². The molecule has 0 amide bonds. The number of allylic oxidation sites excluding steroid dienone is 2. The third-order valence-electron chi connectivity index (χ3n) is 3.42. The van der Waals surface area contributed by atoms with E-state index in [0.29, 0.717) is 5.02 Å². The molecular weight excluding hydrogens is 445 g/mol. The molecule has 0 saturated heterocycles. The number of hydrogen-bond donors (Lipinski definition) is 0. The lowest BCUT2D eigenvalue weighted by atomic mass is 10.1. The summed E-state index contributed by atoms with van der Waals surface area (Å²) in [5.41, 5.74) is 2.16. The van der Waals surface area contributed by atoms with E-state index in [1.807, 2.05) is 54.6 Å². The van der Waals surface area contributed by atoms with E-state index in [1.54, 1.807) is 6.08 Å². The second kappa shape index (κ2) is 7.07. The fraction of sp³-hybridized carbons (Fsp3) is 0.0588. The Morgan fingerprint density at radius 1 is 1.09 bits per heavy atom. The third-order valence-corrected chi connectivity index (χ3v) is 6.32. The predicted molar refractivity (Wildman–Crippen MR) is 104 cm³/mol. The lowest BCUT2D eigenvalue weighted by Crippen LogP contribution is -2.11. The van der Waals surface area contributed by atoms with Gasteiger partial charge in [-0.15, -0.1) is 11.8 Å². The summed E-state index contributed by atoms with van der Waals surface area (Å²) in [6.45, 7) is 0. The Kier molecular flexibility index (Phi) is 5.08. The Bertz CT molecular complexity index is 803. The first-order valence-corrected chi connectivity index (χ1v) is 9.13. The Morgan fingerprint density at radius 2 is 1.74 bits per heavy atom. The SMILES string of the molecule is O=[N+]([O-])C1=CC(I)=C(c2ccc(Cl)cc2)SC1c1ccccc1. The maximum Gasteiger partial charge on any atom is 0.264 e. The molecule has 2 aromatic carbocycles. The van der Waals surface area contributed by atoms with Crippen molar-refractivity contribution in [2.24, 2.45) is 0 Å². The summed E-state index contributed by atoms with van der Waals surface area (Å²) >= 11 is 9.61. The number of nitrogens with zero attached hydrogens (tertiary/aromatic N) is 1. The third kappa shape index (κ3) is 3.62. The first-order chi connectivity index (χ1) is 11.1. The normalized spacial score (nSPS) is 17.8. The zero-order valence-electron chi connectivity index (χ0n) is 11.8. The van der Waals surface area contributed by atoms with E-state index in [0.717, 1.165) is 19.6 Å². The van der Waals surface area contributed by atoms with Crippen molar-refractivity contribution < 1.29 is 4.92 Å². The van der Waals surface area contributed by atoms with Crippen LogP contribution in [-0.2, 0) is 0 Å². The van der Waals surface area contributed by atoms with Gasteiger partial charge in [-0.2, -0.15) is 0 Å². The largest absolute Gasteiger partial charge is 0.264 e. The van der Waals surface area contributed by atoms with Gasteiger partial charge in [-0.1, -0.05) is 54.1 Å². The summed E-state index contributed by atoms with van der Waals surface area (Å²) in [4.78, 5) is 12.2. The van der Waals surface area contributed by atoms with E-state index in [9.17, 15) is 10.1 Å². The van der Waals surface area contributed by atoms with Crippen LogP contribution in [0.1, 0.15) is 16.4 Å². The molecule has 3 rings (SSSR count). The molecule has 6 heteroatoms. The average molecular weight is 456 g/mol. The maximum atomic E-state index is 11.5. The molecule has 0 aliphatic carbocycles. The van der Waals surface area contributed by atoms with Gasteiger partial charge < -0.3 is 0 Å². The van der Waals surface area contributed by atoms with Crippen molar-refractivity contribution in [3.63, 3.8) is 0 Å². The van der Waals surface area contributed by atoms with E-state index in [-0.39, 0.29) is 15.9 Å². The highest BCUT2D eigenvalue weighted by molar-refractivity contribution is 14.1. The number of benzene rings is 2. The van der Waals surface area contributed by atoms with Gasteiger partial charge in [0.25, 0.3) is 5.70 Å². The van der Waals surface area contributed by atoms with Gasteiger partial charge in [0.05, 0.1) is 4.92 Å². The topological polar surface area (TPSA) is 43.1 Å². The fourth-order valence-electron chi connectivity index (χ4n) is 2.33. The minimum Gasteiger partial charge on any atom is -0.259 e. The molecular formula is C17H11ClINO2S. The highest BCUT2D eigenvalue weighted by Gasteiger charge is 2.33. The van der Waals surface area contributed by atoms with Crippen LogP contribution in [0, 0.1) is 10.1 Å². The number of nitro groups is 1. The molecule has 1 atom stereocenters. The smallest absolute Gasteiger partial charge is 0.259 e. The summed E-state index contributed by atoms with van der Waals surface area (Å²) in [6.07, 6.45) is 1.67. The van der Waals surface area contributed by atoms with Gasteiger partial charge >= 0.3 is 0 Å². The minimum absolute atomic E-state index is 0.211. The van der Waals surface area contributed by atoms with Gasteiger partial charge in [0, 0.05) is 19.6 Å². The summed E-state index contributed by atoms with van der Waals surface area (Å²) in [5, 5.41) is 11.8. The monoisotopic (exact) mass is 455 g/mol. The number of rotatable bonds is 3.